The van der Waals surface area contributed by atoms with E-state index < -0.39 is 0 Å². The molecule has 6 heteroatoms. The van der Waals surface area contributed by atoms with Crippen molar-refractivity contribution in [3.8, 4) is 11.3 Å². The number of nitrogens with one attached hydrogen (secondary N) is 1. The van der Waals surface area contributed by atoms with Crippen molar-refractivity contribution in [1.29, 1.82) is 0 Å². The van der Waals surface area contributed by atoms with Gasteiger partial charge in [0.15, 0.2) is 0 Å². The monoisotopic (exact) mass is 326 g/mol. The molecule has 0 saturated carbocycles. The number of rotatable bonds is 4. The molecule has 0 unspecified atom stereocenters. The van der Waals surface area contributed by atoms with Gasteiger partial charge < -0.3 is 11.1 Å². The highest BCUT2D eigenvalue weighted by molar-refractivity contribution is 9.10. The van der Waals surface area contributed by atoms with Crippen LogP contribution in [0.15, 0.2) is 34.9 Å². The van der Waals surface area contributed by atoms with Gasteiger partial charge in [0.1, 0.15) is 0 Å². The Labute approximate surface area is 119 Å². The third-order valence-electron chi connectivity index (χ3n) is 2.29. The summed E-state index contributed by atoms with van der Waals surface area (Å²) in [5.74, 6) is 0.553. The Hall–Kier alpha value is -1.17. The number of anilines is 1. The van der Waals surface area contributed by atoms with Crippen LogP contribution in [0, 0.1) is 0 Å². The van der Waals surface area contributed by atoms with Crippen LogP contribution in [0.1, 0.15) is 0 Å². The minimum absolute atomic E-state index is 0.534. The maximum atomic E-state index is 6.19. The van der Waals surface area contributed by atoms with E-state index in [1.54, 1.807) is 6.20 Å². The van der Waals surface area contributed by atoms with Gasteiger partial charge in [0.2, 0.25) is 5.95 Å². The van der Waals surface area contributed by atoms with Crippen molar-refractivity contribution >= 4 is 33.5 Å². The summed E-state index contributed by atoms with van der Waals surface area (Å²) in [5, 5.41) is 3.68. The number of nitrogens with two attached hydrogens (primary N) is 1. The number of nitrogens with zero attached hydrogens (tertiary/aromatic N) is 2. The van der Waals surface area contributed by atoms with E-state index in [9.17, 15) is 0 Å². The van der Waals surface area contributed by atoms with Crippen LogP contribution in [0.3, 0.4) is 0 Å². The van der Waals surface area contributed by atoms with Gasteiger partial charge in [-0.25, -0.2) is 9.97 Å². The van der Waals surface area contributed by atoms with Gasteiger partial charge in [-0.05, 0) is 18.2 Å². The molecule has 1 aromatic carbocycles. The van der Waals surface area contributed by atoms with Crippen molar-refractivity contribution in [2.45, 2.75) is 0 Å². The van der Waals surface area contributed by atoms with Crippen LogP contribution in [0.5, 0.6) is 0 Å². The number of halogens is 2. The van der Waals surface area contributed by atoms with Gasteiger partial charge in [0.25, 0.3) is 0 Å². The molecule has 94 valence electrons. The second-order valence-corrected chi connectivity index (χ2v) is 4.93. The lowest BCUT2D eigenvalue weighted by molar-refractivity contribution is 0.990. The first-order valence-corrected chi connectivity index (χ1v) is 6.60. The molecule has 0 aliphatic heterocycles. The molecule has 0 bridgehead atoms. The zero-order chi connectivity index (χ0) is 13.0. The van der Waals surface area contributed by atoms with Crippen molar-refractivity contribution < 1.29 is 0 Å². The molecule has 0 aliphatic carbocycles. The maximum absolute atomic E-state index is 6.19. The van der Waals surface area contributed by atoms with Crippen LogP contribution in [0.4, 0.5) is 5.95 Å². The topological polar surface area (TPSA) is 63.8 Å². The first-order chi connectivity index (χ1) is 8.70. The van der Waals surface area contributed by atoms with Gasteiger partial charge in [0, 0.05) is 29.3 Å². The number of benzene rings is 1. The molecule has 0 spiro atoms. The summed E-state index contributed by atoms with van der Waals surface area (Å²) in [5.41, 5.74) is 7.07. The first kappa shape index (κ1) is 13.3. The molecule has 4 nitrogen and oxygen atoms in total. The molecule has 1 aromatic heterocycles. The SMILES string of the molecule is NCCNc1nccc(-c2ccc(Br)cc2Cl)n1. The lowest BCUT2D eigenvalue weighted by Gasteiger charge is -2.07. The van der Waals surface area contributed by atoms with Gasteiger partial charge in [0.05, 0.1) is 10.7 Å². The summed E-state index contributed by atoms with van der Waals surface area (Å²) in [6.07, 6.45) is 1.69. The predicted octanol–water partition coefficient (Wildman–Crippen LogP) is 2.93. The van der Waals surface area contributed by atoms with Gasteiger partial charge in [-0.3, -0.25) is 0 Å². The summed E-state index contributed by atoms with van der Waals surface area (Å²) >= 11 is 9.56. The van der Waals surface area contributed by atoms with E-state index in [1.807, 2.05) is 24.3 Å². The average Bonchev–Trinajstić information content (AvgIpc) is 2.36. The van der Waals surface area contributed by atoms with Gasteiger partial charge in [-0.15, -0.1) is 0 Å². The van der Waals surface area contributed by atoms with Crippen molar-refractivity contribution in [2.24, 2.45) is 5.73 Å². The number of hydrogen-bond donors (Lipinski definition) is 2. The van der Waals surface area contributed by atoms with Crippen LogP contribution >= 0.6 is 27.5 Å². The smallest absolute Gasteiger partial charge is 0.223 e. The Kier molecular flexibility index (Phi) is 4.52. The summed E-state index contributed by atoms with van der Waals surface area (Å²) in [6, 6.07) is 7.51. The minimum atomic E-state index is 0.534. The largest absolute Gasteiger partial charge is 0.353 e. The Morgan fingerprint density at radius 1 is 1.33 bits per heavy atom. The molecular weight excluding hydrogens is 316 g/mol. The van der Waals surface area contributed by atoms with Crippen molar-refractivity contribution in [1.82, 2.24) is 9.97 Å². The van der Waals surface area contributed by atoms with E-state index in [0.717, 1.165) is 15.7 Å². The minimum Gasteiger partial charge on any atom is -0.353 e. The van der Waals surface area contributed by atoms with Crippen molar-refractivity contribution in [3.63, 3.8) is 0 Å². The molecule has 3 N–H and O–H groups in total. The molecule has 0 atom stereocenters. The highest BCUT2D eigenvalue weighted by Crippen LogP contribution is 2.29. The van der Waals surface area contributed by atoms with E-state index in [0.29, 0.717) is 24.1 Å². The van der Waals surface area contributed by atoms with Crippen molar-refractivity contribution in [2.75, 3.05) is 18.4 Å². The van der Waals surface area contributed by atoms with Crippen LogP contribution in [-0.4, -0.2) is 23.1 Å². The fourth-order valence-electron chi connectivity index (χ4n) is 1.48. The third kappa shape index (κ3) is 3.19. The van der Waals surface area contributed by atoms with Crippen molar-refractivity contribution in [3.05, 3.63) is 40.0 Å². The molecule has 1 heterocycles. The van der Waals surface area contributed by atoms with E-state index in [1.165, 1.54) is 0 Å². The zero-order valence-corrected chi connectivity index (χ0v) is 11.9. The molecule has 2 rings (SSSR count). The molecule has 0 aliphatic rings. The molecular formula is C12H12BrClN4. The second kappa shape index (κ2) is 6.13. The Bertz CT molecular complexity index is 547. The Morgan fingerprint density at radius 2 is 2.17 bits per heavy atom. The van der Waals surface area contributed by atoms with Crippen LogP contribution in [0.2, 0.25) is 5.02 Å². The Morgan fingerprint density at radius 3 is 2.89 bits per heavy atom. The van der Waals surface area contributed by atoms with Gasteiger partial charge in [-0.1, -0.05) is 33.6 Å². The molecule has 0 saturated heterocycles. The van der Waals surface area contributed by atoms with E-state index in [2.05, 4.69) is 31.2 Å². The Balaban J connectivity index is 2.32. The van der Waals surface area contributed by atoms with E-state index >= 15 is 0 Å². The van der Waals surface area contributed by atoms with Crippen LogP contribution in [-0.2, 0) is 0 Å². The highest BCUT2D eigenvalue weighted by atomic mass is 79.9. The fourth-order valence-corrected chi connectivity index (χ4v) is 2.25. The van der Waals surface area contributed by atoms with Crippen LogP contribution in [0.25, 0.3) is 11.3 Å². The first-order valence-electron chi connectivity index (χ1n) is 5.43. The predicted molar refractivity (Wildman–Crippen MR) is 77.7 cm³/mol. The quantitative estimate of drug-likeness (QED) is 0.906. The molecule has 2 aromatic rings. The standard InChI is InChI=1S/C12H12BrClN4/c13-8-1-2-9(10(14)7-8)11-3-5-16-12(18-11)17-6-4-15/h1-3,5,7H,4,6,15H2,(H,16,17,18). The summed E-state index contributed by atoms with van der Waals surface area (Å²) < 4.78 is 0.937. The highest BCUT2D eigenvalue weighted by Gasteiger charge is 2.06. The lowest BCUT2D eigenvalue weighted by Crippen LogP contribution is -2.14. The normalized spacial score (nSPS) is 10.4. The summed E-state index contributed by atoms with van der Waals surface area (Å²) in [4.78, 5) is 8.51. The summed E-state index contributed by atoms with van der Waals surface area (Å²) in [6.45, 7) is 1.17. The van der Waals surface area contributed by atoms with Crippen LogP contribution < -0.4 is 11.1 Å². The van der Waals surface area contributed by atoms with Gasteiger partial charge in [-0.2, -0.15) is 0 Å². The zero-order valence-electron chi connectivity index (χ0n) is 9.53. The molecule has 0 radical (unpaired) electrons. The average molecular weight is 328 g/mol. The number of hydrogen-bond acceptors (Lipinski definition) is 4. The number of aromatic nitrogens is 2. The fraction of sp³-hybridized carbons (Fsp3) is 0.167. The van der Waals surface area contributed by atoms with E-state index in [4.69, 9.17) is 17.3 Å². The van der Waals surface area contributed by atoms with Gasteiger partial charge >= 0.3 is 0 Å². The molecule has 0 fully saturated rings. The molecule has 0 amide bonds. The maximum Gasteiger partial charge on any atom is 0.223 e. The molecule has 18 heavy (non-hydrogen) atoms. The summed E-state index contributed by atoms with van der Waals surface area (Å²) in [7, 11) is 0. The van der Waals surface area contributed by atoms with E-state index in [-0.39, 0.29) is 0 Å². The lowest BCUT2D eigenvalue weighted by atomic mass is 10.1. The third-order valence-corrected chi connectivity index (χ3v) is 3.10. The second-order valence-electron chi connectivity index (χ2n) is 3.61.